The van der Waals surface area contributed by atoms with Gasteiger partial charge in [-0.1, -0.05) is 25.3 Å². The van der Waals surface area contributed by atoms with E-state index in [4.69, 9.17) is 9.47 Å². The number of rotatable bonds is 6. The van der Waals surface area contributed by atoms with Crippen LogP contribution in [0.2, 0.25) is 0 Å². The maximum Gasteiger partial charge on any atom is 0.260 e. The summed E-state index contributed by atoms with van der Waals surface area (Å²) in [5.41, 5.74) is 2.37. The number of carbonyl (C=O) groups excluding carboxylic acids is 1. The Morgan fingerprint density at radius 3 is 2.36 bits per heavy atom. The SMILES string of the molecule is Cc1cc(C)cc(OC(C)C(=O)NCC2(N3CCOCC3)CCCCC2)c1.Cl. The summed E-state index contributed by atoms with van der Waals surface area (Å²) in [6, 6.07) is 6.06. The third kappa shape index (κ3) is 5.85. The van der Waals surface area contributed by atoms with Gasteiger partial charge in [-0.2, -0.15) is 0 Å². The Morgan fingerprint density at radius 1 is 1.14 bits per heavy atom. The fourth-order valence-electron chi connectivity index (χ4n) is 4.51. The Kier molecular flexibility index (Phi) is 8.59. The van der Waals surface area contributed by atoms with Crippen molar-refractivity contribution in [3.63, 3.8) is 0 Å². The van der Waals surface area contributed by atoms with Crippen molar-refractivity contribution in [1.82, 2.24) is 10.2 Å². The van der Waals surface area contributed by atoms with Crippen LogP contribution in [-0.4, -0.2) is 55.3 Å². The number of hydrogen-bond donors (Lipinski definition) is 1. The van der Waals surface area contributed by atoms with Crippen molar-refractivity contribution in [2.75, 3.05) is 32.8 Å². The molecule has 1 N–H and O–H groups in total. The van der Waals surface area contributed by atoms with E-state index in [9.17, 15) is 4.79 Å². The Labute approximate surface area is 175 Å². The van der Waals surface area contributed by atoms with E-state index in [0.29, 0.717) is 6.54 Å². The van der Waals surface area contributed by atoms with Crippen LogP contribution < -0.4 is 10.1 Å². The largest absolute Gasteiger partial charge is 0.481 e. The number of hydrogen-bond acceptors (Lipinski definition) is 4. The number of nitrogens with zero attached hydrogens (tertiary/aromatic N) is 1. The van der Waals surface area contributed by atoms with Crippen LogP contribution in [0.15, 0.2) is 18.2 Å². The summed E-state index contributed by atoms with van der Waals surface area (Å²) in [5.74, 6) is 0.725. The molecule has 2 aliphatic rings. The number of halogens is 1. The van der Waals surface area contributed by atoms with Crippen LogP contribution >= 0.6 is 12.4 Å². The molecule has 0 spiro atoms. The van der Waals surface area contributed by atoms with Crippen molar-refractivity contribution < 1.29 is 14.3 Å². The van der Waals surface area contributed by atoms with Crippen LogP contribution in [0.5, 0.6) is 5.75 Å². The Balaban J connectivity index is 0.00000280. The Morgan fingerprint density at radius 2 is 1.75 bits per heavy atom. The summed E-state index contributed by atoms with van der Waals surface area (Å²) in [7, 11) is 0. The van der Waals surface area contributed by atoms with E-state index >= 15 is 0 Å². The number of aryl methyl sites for hydroxylation is 2. The van der Waals surface area contributed by atoms with Gasteiger partial charge in [-0.3, -0.25) is 9.69 Å². The zero-order chi connectivity index (χ0) is 19.3. The van der Waals surface area contributed by atoms with E-state index in [-0.39, 0.29) is 23.9 Å². The molecule has 1 atom stereocenters. The molecule has 0 bridgehead atoms. The number of carbonyl (C=O) groups is 1. The molecule has 1 unspecified atom stereocenters. The second kappa shape index (κ2) is 10.5. The van der Waals surface area contributed by atoms with Gasteiger partial charge in [-0.15, -0.1) is 12.4 Å². The van der Waals surface area contributed by atoms with Crippen LogP contribution in [0.3, 0.4) is 0 Å². The third-order valence-corrected chi connectivity index (χ3v) is 5.94. The van der Waals surface area contributed by atoms with Gasteiger partial charge in [0, 0.05) is 25.2 Å². The number of nitrogens with one attached hydrogen (secondary N) is 1. The number of ether oxygens (including phenoxy) is 2. The van der Waals surface area contributed by atoms with Gasteiger partial charge in [-0.05, 0) is 56.9 Å². The van der Waals surface area contributed by atoms with Gasteiger partial charge in [0.1, 0.15) is 5.75 Å². The Hall–Kier alpha value is -1.30. The fourth-order valence-corrected chi connectivity index (χ4v) is 4.51. The van der Waals surface area contributed by atoms with E-state index < -0.39 is 6.10 Å². The molecule has 158 valence electrons. The van der Waals surface area contributed by atoms with Crippen molar-refractivity contribution in [3.05, 3.63) is 29.3 Å². The first-order valence-corrected chi connectivity index (χ1v) is 10.3. The molecule has 1 amide bonds. The van der Waals surface area contributed by atoms with Crippen LogP contribution in [0.1, 0.15) is 50.2 Å². The molecule has 1 aliphatic heterocycles. The first-order valence-electron chi connectivity index (χ1n) is 10.3. The highest BCUT2D eigenvalue weighted by molar-refractivity contribution is 5.85. The monoisotopic (exact) mass is 410 g/mol. The number of amides is 1. The molecule has 1 saturated heterocycles. The molecule has 1 saturated carbocycles. The van der Waals surface area contributed by atoms with E-state index in [1.165, 1.54) is 19.3 Å². The minimum Gasteiger partial charge on any atom is -0.481 e. The molecule has 28 heavy (non-hydrogen) atoms. The number of benzene rings is 1. The van der Waals surface area contributed by atoms with E-state index in [2.05, 4.69) is 16.3 Å². The molecule has 5 nitrogen and oxygen atoms in total. The lowest BCUT2D eigenvalue weighted by Crippen LogP contribution is -2.60. The van der Waals surface area contributed by atoms with Crippen molar-refractivity contribution in [1.29, 1.82) is 0 Å². The molecule has 1 aromatic rings. The molecule has 0 radical (unpaired) electrons. The summed E-state index contributed by atoms with van der Waals surface area (Å²) in [6.07, 6.45) is 5.58. The minimum absolute atomic E-state index is 0. The molecule has 6 heteroatoms. The third-order valence-electron chi connectivity index (χ3n) is 5.94. The summed E-state index contributed by atoms with van der Waals surface area (Å²) >= 11 is 0. The average Bonchev–Trinajstić information content (AvgIpc) is 2.66. The predicted octanol–water partition coefficient (Wildman–Crippen LogP) is 3.64. The summed E-state index contributed by atoms with van der Waals surface area (Å²) in [5, 5.41) is 3.19. The van der Waals surface area contributed by atoms with Gasteiger partial charge in [0.2, 0.25) is 0 Å². The first-order chi connectivity index (χ1) is 13.0. The standard InChI is InChI=1S/C22H34N2O3.ClH/c1-17-13-18(2)15-20(14-17)27-19(3)21(25)23-16-22(7-5-4-6-8-22)24-9-11-26-12-10-24;/h13-15,19H,4-12,16H2,1-3H3,(H,23,25);1H. The summed E-state index contributed by atoms with van der Waals surface area (Å²) < 4.78 is 11.4. The van der Waals surface area contributed by atoms with Crippen molar-refractivity contribution in [2.24, 2.45) is 0 Å². The lowest BCUT2D eigenvalue weighted by Gasteiger charge is -2.48. The molecule has 1 aliphatic carbocycles. The van der Waals surface area contributed by atoms with E-state index in [1.807, 2.05) is 32.9 Å². The Bertz CT molecular complexity index is 620. The molecular weight excluding hydrogens is 376 g/mol. The minimum atomic E-state index is -0.503. The highest BCUT2D eigenvalue weighted by Gasteiger charge is 2.39. The number of morpholine rings is 1. The maximum atomic E-state index is 12.7. The molecular formula is C22H35ClN2O3. The van der Waals surface area contributed by atoms with Crippen molar-refractivity contribution in [3.8, 4) is 5.75 Å². The van der Waals surface area contributed by atoms with Crippen LogP contribution in [0, 0.1) is 13.8 Å². The zero-order valence-corrected chi connectivity index (χ0v) is 18.3. The van der Waals surface area contributed by atoms with Gasteiger partial charge in [0.05, 0.1) is 13.2 Å². The van der Waals surface area contributed by atoms with E-state index in [0.717, 1.165) is 56.0 Å². The lowest BCUT2D eigenvalue weighted by atomic mass is 9.79. The predicted molar refractivity (Wildman–Crippen MR) is 114 cm³/mol. The maximum absolute atomic E-state index is 12.7. The molecule has 2 fully saturated rings. The van der Waals surface area contributed by atoms with E-state index in [1.54, 1.807) is 0 Å². The topological polar surface area (TPSA) is 50.8 Å². The van der Waals surface area contributed by atoms with Gasteiger partial charge >= 0.3 is 0 Å². The first kappa shape index (κ1) is 23.0. The normalized spacial score (nSPS) is 20.7. The molecule has 0 aromatic heterocycles. The van der Waals surface area contributed by atoms with Crippen molar-refractivity contribution in [2.45, 2.75) is 64.5 Å². The lowest BCUT2D eigenvalue weighted by molar-refractivity contribution is -0.128. The van der Waals surface area contributed by atoms with Gasteiger partial charge in [0.15, 0.2) is 6.10 Å². The second-order valence-electron chi connectivity index (χ2n) is 8.19. The van der Waals surface area contributed by atoms with Gasteiger partial charge in [0.25, 0.3) is 5.91 Å². The smallest absolute Gasteiger partial charge is 0.260 e. The molecule has 1 heterocycles. The fraction of sp³-hybridized carbons (Fsp3) is 0.682. The second-order valence-corrected chi connectivity index (χ2v) is 8.19. The summed E-state index contributed by atoms with van der Waals surface area (Å²) in [6.45, 7) is 10.1. The van der Waals surface area contributed by atoms with Gasteiger partial charge < -0.3 is 14.8 Å². The highest BCUT2D eigenvalue weighted by atomic mass is 35.5. The molecule has 1 aromatic carbocycles. The highest BCUT2D eigenvalue weighted by Crippen LogP contribution is 2.34. The zero-order valence-electron chi connectivity index (χ0n) is 17.5. The summed E-state index contributed by atoms with van der Waals surface area (Å²) in [4.78, 5) is 15.3. The van der Waals surface area contributed by atoms with Crippen LogP contribution in [0.4, 0.5) is 0 Å². The van der Waals surface area contributed by atoms with Crippen LogP contribution in [-0.2, 0) is 9.53 Å². The quantitative estimate of drug-likeness (QED) is 0.777. The van der Waals surface area contributed by atoms with Gasteiger partial charge in [-0.25, -0.2) is 0 Å². The molecule has 3 rings (SSSR count). The van der Waals surface area contributed by atoms with Crippen LogP contribution in [0.25, 0.3) is 0 Å². The average molecular weight is 411 g/mol. The van der Waals surface area contributed by atoms with Crippen molar-refractivity contribution >= 4 is 18.3 Å².